The van der Waals surface area contributed by atoms with Gasteiger partial charge in [0.05, 0.1) is 12.2 Å². The summed E-state index contributed by atoms with van der Waals surface area (Å²) < 4.78 is 6.05. The second-order valence-corrected chi connectivity index (χ2v) is 15.5. The topological polar surface area (TPSA) is 133 Å². The Kier molecular flexibility index (Phi) is 9.05. The zero-order valence-electron chi connectivity index (χ0n) is 27.1. The number of amides is 1. The number of carboxylic acids is 1. The third-order valence-corrected chi connectivity index (χ3v) is 12.9. The van der Waals surface area contributed by atoms with E-state index in [-0.39, 0.29) is 28.8 Å². The summed E-state index contributed by atoms with van der Waals surface area (Å²) in [5, 5.41) is 34.9. The van der Waals surface area contributed by atoms with Crippen LogP contribution in [0.15, 0.2) is 11.1 Å². The van der Waals surface area contributed by atoms with Gasteiger partial charge in [-0.1, -0.05) is 54.9 Å². The van der Waals surface area contributed by atoms with E-state index in [1.54, 1.807) is 0 Å². The molecule has 0 bridgehead atoms. The Morgan fingerprint density at radius 2 is 1.69 bits per heavy atom. The maximum Gasteiger partial charge on any atom is 0.322 e. The number of rotatable bonds is 8. The molecule has 0 heterocycles. The summed E-state index contributed by atoms with van der Waals surface area (Å²) in [6.07, 6.45) is 4.95. The van der Waals surface area contributed by atoms with Gasteiger partial charge in [0, 0.05) is 17.9 Å². The molecule has 42 heavy (non-hydrogen) atoms. The summed E-state index contributed by atoms with van der Waals surface area (Å²) in [6, 6.07) is 0. The van der Waals surface area contributed by atoms with Crippen molar-refractivity contribution in [3.8, 4) is 0 Å². The Labute approximate surface area is 252 Å². The van der Waals surface area contributed by atoms with Gasteiger partial charge in [-0.15, -0.1) is 0 Å². The van der Waals surface area contributed by atoms with E-state index in [2.05, 4.69) is 53.8 Å². The average Bonchev–Trinajstić information content (AvgIpc) is 3.08. The number of carbonyl (C=O) groups is 3. The minimum atomic E-state index is -1.12. The lowest BCUT2D eigenvalue weighted by Crippen LogP contribution is -2.67. The molecule has 4 aliphatic rings. The molecule has 4 aliphatic carbocycles. The second kappa shape index (κ2) is 11.5. The van der Waals surface area contributed by atoms with Crippen molar-refractivity contribution >= 4 is 17.8 Å². The normalized spacial score (nSPS) is 44.1. The average molecular weight is 590 g/mol. The number of aliphatic carboxylic acids is 1. The Hall–Kier alpha value is -1.93. The fourth-order valence-corrected chi connectivity index (χ4v) is 10.8. The van der Waals surface area contributed by atoms with Gasteiger partial charge in [-0.2, -0.15) is 0 Å². The van der Waals surface area contributed by atoms with Crippen LogP contribution in [0.1, 0.15) is 113 Å². The Bertz CT molecular complexity index is 1120. The van der Waals surface area contributed by atoms with Crippen LogP contribution in [-0.4, -0.2) is 58.0 Å². The number of ether oxygens (including phenoxy) is 1. The number of aliphatic hydroxyl groups is 2. The summed E-state index contributed by atoms with van der Waals surface area (Å²) in [5.74, 6) is -1.03. The monoisotopic (exact) mass is 589 g/mol. The number of nitrogens with one attached hydrogen (secondary N) is 1. The molecule has 0 saturated heterocycles. The highest BCUT2D eigenvalue weighted by atomic mass is 16.5. The summed E-state index contributed by atoms with van der Waals surface area (Å²) in [4.78, 5) is 37.6. The maximum absolute atomic E-state index is 13.8. The number of carbonyl (C=O) groups excluding carboxylic acids is 2. The van der Waals surface area contributed by atoms with Gasteiger partial charge < -0.3 is 25.4 Å². The standard InChI is InChI=1S/C34H55NO7/c1-19(2)10-9-11-22(30(41)35-18-27(39)40)28-26(42-21(4)36)17-34(8)32(6)15-12-23-20(3)24(37)13-14-31(23,5)29(32)25(38)16-33(28,34)7/h19-20,23-26,29,37-38H,9-18H2,1-8H3,(H,35,41)(H,39,40)/b28-22-/t20-,23-,24+,25+,26?,29?,31?,32-,33-,34?/m0/s1. The van der Waals surface area contributed by atoms with Crippen molar-refractivity contribution in [2.24, 2.45) is 45.3 Å². The van der Waals surface area contributed by atoms with Crippen LogP contribution in [0.2, 0.25) is 0 Å². The summed E-state index contributed by atoms with van der Waals surface area (Å²) in [7, 11) is 0. The molecule has 4 unspecified atom stereocenters. The SMILES string of the molecule is CC(=O)OC1CC2(C)[C@@](C)(C[C@@H](O)C3C4(C)CC[C@@H](O)[C@@H](C)[C@@H]4CC[C@@]32C)/C1=C(/CCCC(C)C)C(=O)NCC(=O)O. The summed E-state index contributed by atoms with van der Waals surface area (Å²) >= 11 is 0. The fourth-order valence-electron chi connectivity index (χ4n) is 10.8. The van der Waals surface area contributed by atoms with E-state index in [4.69, 9.17) is 4.74 Å². The maximum atomic E-state index is 13.8. The second-order valence-electron chi connectivity index (χ2n) is 15.5. The fraction of sp³-hybridized carbons (Fsp3) is 0.853. The van der Waals surface area contributed by atoms with Gasteiger partial charge >= 0.3 is 11.9 Å². The Morgan fingerprint density at radius 1 is 1.02 bits per heavy atom. The molecule has 10 atom stereocenters. The highest BCUT2D eigenvalue weighted by molar-refractivity contribution is 5.96. The molecule has 0 radical (unpaired) electrons. The van der Waals surface area contributed by atoms with Crippen LogP contribution in [0.4, 0.5) is 0 Å². The zero-order chi connectivity index (χ0) is 31.4. The number of fused-ring (bicyclic) bond motifs is 5. The van der Waals surface area contributed by atoms with Crippen LogP contribution < -0.4 is 5.32 Å². The molecular formula is C34H55NO7. The van der Waals surface area contributed by atoms with Crippen molar-refractivity contribution < 1.29 is 34.4 Å². The van der Waals surface area contributed by atoms with E-state index in [9.17, 15) is 29.7 Å². The third-order valence-electron chi connectivity index (χ3n) is 12.9. The number of hydrogen-bond donors (Lipinski definition) is 4. The first-order valence-corrected chi connectivity index (χ1v) is 16.2. The third kappa shape index (κ3) is 5.12. The van der Waals surface area contributed by atoms with Crippen molar-refractivity contribution in [3.05, 3.63) is 11.1 Å². The zero-order valence-corrected chi connectivity index (χ0v) is 27.1. The molecule has 4 saturated carbocycles. The number of carboxylic acid groups (broad SMARTS) is 1. The van der Waals surface area contributed by atoms with Crippen LogP contribution in [-0.2, 0) is 19.1 Å². The summed E-state index contributed by atoms with van der Waals surface area (Å²) in [5.41, 5.74) is -0.217. The highest BCUT2D eigenvalue weighted by Crippen LogP contribution is 2.78. The predicted molar refractivity (Wildman–Crippen MR) is 160 cm³/mol. The van der Waals surface area contributed by atoms with Gasteiger partial charge in [0.2, 0.25) is 5.91 Å². The molecule has 0 aliphatic heterocycles. The van der Waals surface area contributed by atoms with E-state index < -0.39 is 47.4 Å². The first-order chi connectivity index (χ1) is 19.4. The lowest BCUT2D eigenvalue weighted by molar-refractivity contribution is -0.251. The smallest absolute Gasteiger partial charge is 0.322 e. The molecule has 0 aromatic carbocycles. The largest absolute Gasteiger partial charge is 0.480 e. The van der Waals surface area contributed by atoms with Gasteiger partial charge in [0.25, 0.3) is 0 Å². The molecule has 0 aromatic heterocycles. The lowest BCUT2D eigenvalue weighted by atomic mass is 9.34. The van der Waals surface area contributed by atoms with Crippen molar-refractivity contribution in [2.75, 3.05) is 6.54 Å². The van der Waals surface area contributed by atoms with Crippen LogP contribution in [0.5, 0.6) is 0 Å². The Balaban J connectivity index is 1.88. The minimum Gasteiger partial charge on any atom is -0.480 e. The van der Waals surface area contributed by atoms with E-state index in [0.717, 1.165) is 44.1 Å². The first-order valence-electron chi connectivity index (χ1n) is 16.2. The molecule has 8 heteroatoms. The quantitative estimate of drug-likeness (QED) is 0.224. The van der Waals surface area contributed by atoms with Gasteiger partial charge in [-0.25, -0.2) is 0 Å². The van der Waals surface area contributed by atoms with Gasteiger partial charge in [0.1, 0.15) is 12.6 Å². The van der Waals surface area contributed by atoms with Crippen molar-refractivity contribution in [1.29, 1.82) is 0 Å². The molecule has 0 aromatic rings. The van der Waals surface area contributed by atoms with E-state index in [1.165, 1.54) is 6.92 Å². The molecular weight excluding hydrogens is 534 g/mol. The van der Waals surface area contributed by atoms with Crippen molar-refractivity contribution in [3.63, 3.8) is 0 Å². The Morgan fingerprint density at radius 3 is 2.29 bits per heavy atom. The lowest BCUT2D eigenvalue weighted by Gasteiger charge is -2.71. The van der Waals surface area contributed by atoms with Gasteiger partial charge in [0.15, 0.2) is 0 Å². The molecule has 238 valence electrons. The van der Waals surface area contributed by atoms with Crippen LogP contribution >= 0.6 is 0 Å². The number of esters is 1. The van der Waals surface area contributed by atoms with Gasteiger partial charge in [-0.3, -0.25) is 14.4 Å². The number of aliphatic hydroxyl groups excluding tert-OH is 2. The van der Waals surface area contributed by atoms with E-state index >= 15 is 0 Å². The van der Waals surface area contributed by atoms with Crippen LogP contribution in [0.3, 0.4) is 0 Å². The van der Waals surface area contributed by atoms with Gasteiger partial charge in [-0.05, 0) is 96.9 Å². The molecule has 4 rings (SSSR count). The first kappa shape index (κ1) is 33.0. The van der Waals surface area contributed by atoms with Crippen molar-refractivity contribution in [1.82, 2.24) is 5.32 Å². The molecule has 0 spiro atoms. The molecule has 8 nitrogen and oxygen atoms in total. The number of hydrogen-bond acceptors (Lipinski definition) is 6. The predicted octanol–water partition coefficient (Wildman–Crippen LogP) is 5.25. The molecule has 4 fully saturated rings. The van der Waals surface area contributed by atoms with Crippen molar-refractivity contribution in [2.45, 2.75) is 131 Å². The van der Waals surface area contributed by atoms with E-state index in [0.29, 0.717) is 36.7 Å². The van der Waals surface area contributed by atoms with Crippen LogP contribution in [0.25, 0.3) is 0 Å². The minimum absolute atomic E-state index is 0.000619. The van der Waals surface area contributed by atoms with E-state index in [1.807, 2.05) is 0 Å². The highest BCUT2D eigenvalue weighted by Gasteiger charge is 2.74. The van der Waals surface area contributed by atoms with Crippen LogP contribution in [0, 0.1) is 45.3 Å². The molecule has 1 amide bonds. The summed E-state index contributed by atoms with van der Waals surface area (Å²) in [6.45, 7) is 16.4. The molecule has 4 N–H and O–H groups in total.